The van der Waals surface area contributed by atoms with Gasteiger partial charge in [0.2, 0.25) is 17.8 Å². The van der Waals surface area contributed by atoms with Gasteiger partial charge < -0.3 is 15.0 Å². The van der Waals surface area contributed by atoms with Crippen LogP contribution in [0.3, 0.4) is 0 Å². The van der Waals surface area contributed by atoms with Gasteiger partial charge in [0.25, 0.3) is 6.43 Å². The van der Waals surface area contributed by atoms with Gasteiger partial charge in [0.05, 0.1) is 24.2 Å². The second kappa shape index (κ2) is 11.4. The number of imidazole rings is 1. The van der Waals surface area contributed by atoms with Crippen LogP contribution in [0.1, 0.15) is 37.4 Å². The average molecular weight is 571 g/mol. The average Bonchev–Trinajstić information content (AvgIpc) is 3.38. The number of nitrogens with one attached hydrogen (secondary N) is 1. The van der Waals surface area contributed by atoms with Crippen LogP contribution in [0.15, 0.2) is 66.9 Å². The van der Waals surface area contributed by atoms with Crippen molar-refractivity contribution in [3.8, 4) is 17.1 Å². The summed E-state index contributed by atoms with van der Waals surface area (Å²) in [5.74, 6) is 0.354. The lowest BCUT2D eigenvalue weighted by Crippen LogP contribution is -2.39. The fraction of sp³-hybridized carbons (Fsp3) is 0.323. The molecule has 9 nitrogen and oxygen atoms in total. The van der Waals surface area contributed by atoms with E-state index in [9.17, 15) is 8.78 Å². The minimum absolute atomic E-state index is 0.0835. The van der Waals surface area contributed by atoms with Crippen LogP contribution in [-0.2, 0) is 11.2 Å². The molecule has 0 aliphatic carbocycles. The Hall–Kier alpha value is -4.51. The minimum Gasteiger partial charge on any atom is -0.378 e. The maximum atomic E-state index is 14.2. The molecule has 1 aliphatic rings. The molecule has 0 atom stereocenters. The van der Waals surface area contributed by atoms with E-state index in [2.05, 4.69) is 57.3 Å². The summed E-state index contributed by atoms with van der Waals surface area (Å²) >= 11 is 0. The molecule has 0 unspecified atom stereocenters. The topological polar surface area (TPSA) is 93.9 Å². The molecule has 5 aromatic rings. The Labute approximate surface area is 242 Å². The van der Waals surface area contributed by atoms with Gasteiger partial charge in [-0.25, -0.2) is 13.8 Å². The Morgan fingerprint density at radius 1 is 0.881 bits per heavy atom. The van der Waals surface area contributed by atoms with Crippen LogP contribution >= 0.6 is 0 Å². The largest absolute Gasteiger partial charge is 0.378 e. The number of pyridine rings is 1. The third kappa shape index (κ3) is 5.64. The highest BCUT2D eigenvalue weighted by atomic mass is 19.3. The molecule has 0 spiro atoms. The molecule has 6 rings (SSSR count). The fourth-order valence-electron chi connectivity index (χ4n) is 5.34. The standard InChI is InChI=1S/C31H32F2N8O/c1-20-22(11-8-14-34-20)23-10-5-4-9-21(23)19-31(2,3)39-28-36-29(40-15-17-42-18-16-40)38-30(37-28)41-25-13-7-6-12-24(25)35-27(41)26(32)33/h4-14,26H,15-19H2,1-3H3,(H,36,37,38,39). The SMILES string of the molecule is Cc1ncccc1-c1ccccc1CC(C)(C)Nc1nc(N2CCOCC2)nc(-n2c(C(F)F)nc3ccccc32)n1. The van der Waals surface area contributed by atoms with Crippen molar-refractivity contribution < 1.29 is 13.5 Å². The summed E-state index contributed by atoms with van der Waals surface area (Å²) in [5, 5.41) is 3.48. The lowest BCUT2D eigenvalue weighted by atomic mass is 9.89. The Morgan fingerprint density at radius 3 is 2.38 bits per heavy atom. The molecule has 1 fully saturated rings. The van der Waals surface area contributed by atoms with E-state index in [-0.39, 0.29) is 5.95 Å². The molecule has 1 aliphatic heterocycles. The highest BCUT2D eigenvalue weighted by Crippen LogP contribution is 2.31. The van der Waals surface area contributed by atoms with Gasteiger partial charge in [0.15, 0.2) is 5.82 Å². The summed E-state index contributed by atoms with van der Waals surface area (Å²) in [6.45, 7) is 8.34. The number of halogens is 2. The number of benzene rings is 2. The third-order valence-corrected chi connectivity index (χ3v) is 7.28. The van der Waals surface area contributed by atoms with E-state index in [1.165, 1.54) is 4.57 Å². The molecule has 0 bridgehead atoms. The molecule has 2 aromatic carbocycles. The van der Waals surface area contributed by atoms with Crippen molar-refractivity contribution in [1.82, 2.24) is 29.5 Å². The van der Waals surface area contributed by atoms with Gasteiger partial charge in [-0.3, -0.25) is 9.55 Å². The zero-order valence-electron chi connectivity index (χ0n) is 23.8. The van der Waals surface area contributed by atoms with Gasteiger partial charge in [0.1, 0.15) is 0 Å². The lowest BCUT2D eigenvalue weighted by molar-refractivity contribution is 0.122. The molecule has 0 radical (unpaired) electrons. The molecule has 11 heteroatoms. The number of aryl methyl sites for hydroxylation is 1. The Kier molecular flexibility index (Phi) is 7.51. The summed E-state index contributed by atoms with van der Waals surface area (Å²) in [4.78, 5) is 24.7. The first-order chi connectivity index (χ1) is 20.3. The van der Waals surface area contributed by atoms with Crippen molar-refractivity contribution in [3.05, 3.63) is 83.9 Å². The second-order valence-electron chi connectivity index (χ2n) is 10.9. The molecule has 3 aromatic heterocycles. The van der Waals surface area contributed by atoms with Crippen molar-refractivity contribution in [3.63, 3.8) is 0 Å². The zero-order valence-corrected chi connectivity index (χ0v) is 23.8. The normalized spacial score (nSPS) is 14.1. The number of ether oxygens (including phenoxy) is 1. The van der Waals surface area contributed by atoms with E-state index < -0.39 is 17.8 Å². The maximum absolute atomic E-state index is 14.2. The first-order valence-corrected chi connectivity index (χ1v) is 13.9. The van der Waals surface area contributed by atoms with Crippen molar-refractivity contribution >= 4 is 22.9 Å². The summed E-state index contributed by atoms with van der Waals surface area (Å²) < 4.78 is 35.3. The molecule has 4 heterocycles. The van der Waals surface area contributed by atoms with Crippen LogP contribution in [0, 0.1) is 6.92 Å². The van der Waals surface area contributed by atoms with Crippen molar-refractivity contribution in [2.24, 2.45) is 0 Å². The van der Waals surface area contributed by atoms with Crippen LogP contribution in [0.5, 0.6) is 0 Å². The number of hydrogen-bond acceptors (Lipinski definition) is 8. The Balaban J connectivity index is 1.40. The van der Waals surface area contributed by atoms with Crippen molar-refractivity contribution in [2.75, 3.05) is 36.5 Å². The quantitative estimate of drug-likeness (QED) is 0.251. The summed E-state index contributed by atoms with van der Waals surface area (Å²) in [6, 6.07) is 19.2. The van der Waals surface area contributed by atoms with Crippen LogP contribution in [0.2, 0.25) is 0 Å². The van der Waals surface area contributed by atoms with E-state index in [0.717, 1.165) is 22.4 Å². The minimum atomic E-state index is -2.82. The van der Waals surface area contributed by atoms with Gasteiger partial charge >= 0.3 is 0 Å². The first-order valence-electron chi connectivity index (χ1n) is 13.9. The van der Waals surface area contributed by atoms with Gasteiger partial charge in [-0.15, -0.1) is 0 Å². The van der Waals surface area contributed by atoms with E-state index in [1.807, 2.05) is 30.0 Å². The number of alkyl halides is 2. The van der Waals surface area contributed by atoms with E-state index in [0.29, 0.717) is 55.7 Å². The second-order valence-corrected chi connectivity index (χ2v) is 10.9. The van der Waals surface area contributed by atoms with Crippen LogP contribution in [0.25, 0.3) is 28.1 Å². The van der Waals surface area contributed by atoms with Gasteiger partial charge in [0, 0.05) is 36.1 Å². The van der Waals surface area contributed by atoms with Gasteiger partial charge in [-0.05, 0) is 56.5 Å². The molecule has 42 heavy (non-hydrogen) atoms. The predicted octanol–water partition coefficient (Wildman–Crippen LogP) is 5.79. The van der Waals surface area contributed by atoms with E-state index in [4.69, 9.17) is 9.72 Å². The number of nitrogens with zero attached hydrogens (tertiary/aromatic N) is 7. The molecule has 0 saturated carbocycles. The van der Waals surface area contributed by atoms with Crippen LogP contribution in [0.4, 0.5) is 20.7 Å². The van der Waals surface area contributed by atoms with Crippen LogP contribution < -0.4 is 10.2 Å². The number of para-hydroxylation sites is 2. The number of fused-ring (bicyclic) bond motifs is 1. The number of morpholine rings is 1. The molecule has 0 amide bonds. The number of rotatable bonds is 8. The Morgan fingerprint density at radius 2 is 1.60 bits per heavy atom. The maximum Gasteiger partial charge on any atom is 0.296 e. The fourth-order valence-corrected chi connectivity index (χ4v) is 5.34. The number of hydrogen-bond donors (Lipinski definition) is 1. The lowest BCUT2D eigenvalue weighted by Gasteiger charge is -2.30. The van der Waals surface area contributed by atoms with E-state index in [1.54, 1.807) is 30.5 Å². The molecular weight excluding hydrogens is 538 g/mol. The summed E-state index contributed by atoms with van der Waals surface area (Å²) in [6.07, 6.45) is -0.386. The number of aromatic nitrogens is 6. The van der Waals surface area contributed by atoms with Gasteiger partial charge in [-0.2, -0.15) is 15.0 Å². The molecule has 216 valence electrons. The molecular formula is C31H32F2N8O. The summed E-state index contributed by atoms with van der Waals surface area (Å²) in [7, 11) is 0. The predicted molar refractivity (Wildman–Crippen MR) is 158 cm³/mol. The van der Waals surface area contributed by atoms with Crippen molar-refractivity contribution in [2.45, 2.75) is 39.2 Å². The molecule has 1 N–H and O–H groups in total. The summed E-state index contributed by atoms with van der Waals surface area (Å²) in [5.41, 5.74) is 4.69. The van der Waals surface area contributed by atoms with Crippen LogP contribution in [-0.4, -0.2) is 61.3 Å². The smallest absolute Gasteiger partial charge is 0.296 e. The van der Waals surface area contributed by atoms with E-state index >= 15 is 0 Å². The van der Waals surface area contributed by atoms with Crippen molar-refractivity contribution in [1.29, 1.82) is 0 Å². The highest BCUT2D eigenvalue weighted by molar-refractivity contribution is 5.77. The third-order valence-electron chi connectivity index (χ3n) is 7.28. The monoisotopic (exact) mass is 570 g/mol. The van der Waals surface area contributed by atoms with Gasteiger partial charge in [-0.1, -0.05) is 42.5 Å². The zero-order chi connectivity index (χ0) is 29.3. The highest BCUT2D eigenvalue weighted by Gasteiger charge is 2.27. The first kappa shape index (κ1) is 27.6. The number of anilines is 2. The molecule has 1 saturated heterocycles. The Bertz CT molecular complexity index is 1710.